The fourth-order valence-corrected chi connectivity index (χ4v) is 3.39. The van der Waals surface area contributed by atoms with E-state index in [4.69, 9.17) is 26.1 Å². The van der Waals surface area contributed by atoms with Crippen LogP contribution in [0.1, 0.15) is 15.9 Å². The van der Waals surface area contributed by atoms with Gasteiger partial charge in [0, 0.05) is 33.3 Å². The van der Waals surface area contributed by atoms with E-state index < -0.39 is 5.97 Å². The minimum absolute atomic E-state index is 0.246. The van der Waals surface area contributed by atoms with Gasteiger partial charge in [0.2, 0.25) is 0 Å². The SMILES string of the molecule is COC(=O)COc1cc(-c2ccc(C)cc2)nc2ccc(NC(=O)c3ccc(Cl)cc3)cc12. The minimum Gasteiger partial charge on any atom is -0.481 e. The number of carbonyl (C=O) groups is 2. The molecule has 0 atom stereocenters. The van der Waals surface area contributed by atoms with Gasteiger partial charge in [-0.2, -0.15) is 0 Å². The third kappa shape index (κ3) is 5.30. The highest BCUT2D eigenvalue weighted by atomic mass is 35.5. The quantitative estimate of drug-likeness (QED) is 0.375. The van der Waals surface area contributed by atoms with E-state index in [9.17, 15) is 9.59 Å². The van der Waals surface area contributed by atoms with Crippen molar-refractivity contribution < 1.29 is 19.1 Å². The Morgan fingerprint density at radius 2 is 1.70 bits per heavy atom. The van der Waals surface area contributed by atoms with Crippen LogP contribution >= 0.6 is 11.6 Å². The van der Waals surface area contributed by atoms with E-state index in [1.165, 1.54) is 7.11 Å². The van der Waals surface area contributed by atoms with Crippen LogP contribution in [0.3, 0.4) is 0 Å². The maximum atomic E-state index is 12.6. The molecule has 4 rings (SSSR count). The van der Waals surface area contributed by atoms with Crippen molar-refractivity contribution in [3.63, 3.8) is 0 Å². The molecule has 0 aliphatic heterocycles. The molecule has 0 saturated carbocycles. The fourth-order valence-electron chi connectivity index (χ4n) is 3.26. The summed E-state index contributed by atoms with van der Waals surface area (Å²) in [5.41, 5.74) is 4.48. The van der Waals surface area contributed by atoms with Crippen LogP contribution in [0.25, 0.3) is 22.2 Å². The van der Waals surface area contributed by atoms with Crippen molar-refractivity contribution in [3.05, 3.63) is 88.9 Å². The number of halogens is 1. The largest absolute Gasteiger partial charge is 0.481 e. The molecule has 7 heteroatoms. The zero-order valence-corrected chi connectivity index (χ0v) is 18.8. The lowest BCUT2D eigenvalue weighted by atomic mass is 10.1. The molecule has 1 amide bonds. The summed E-state index contributed by atoms with van der Waals surface area (Å²) >= 11 is 5.90. The van der Waals surface area contributed by atoms with Crippen LogP contribution in [0.15, 0.2) is 72.8 Å². The molecule has 0 spiro atoms. The molecule has 166 valence electrons. The fraction of sp³-hybridized carbons (Fsp3) is 0.115. The summed E-state index contributed by atoms with van der Waals surface area (Å²) in [6, 6.07) is 21.7. The number of aromatic nitrogens is 1. The van der Waals surface area contributed by atoms with Gasteiger partial charge in [0.1, 0.15) is 5.75 Å². The second-order valence-corrected chi connectivity index (χ2v) is 7.87. The van der Waals surface area contributed by atoms with Gasteiger partial charge in [-0.3, -0.25) is 4.79 Å². The predicted octanol–water partition coefficient (Wildman–Crippen LogP) is 5.67. The first-order chi connectivity index (χ1) is 15.9. The number of fused-ring (bicyclic) bond motifs is 1. The van der Waals surface area contributed by atoms with Gasteiger partial charge in [-0.25, -0.2) is 9.78 Å². The van der Waals surface area contributed by atoms with E-state index >= 15 is 0 Å². The molecule has 0 fully saturated rings. The highest BCUT2D eigenvalue weighted by Crippen LogP contribution is 2.32. The van der Waals surface area contributed by atoms with Crippen LogP contribution in [0, 0.1) is 6.92 Å². The summed E-state index contributed by atoms with van der Waals surface area (Å²) in [5, 5.41) is 4.08. The van der Waals surface area contributed by atoms with Crippen molar-refractivity contribution >= 4 is 40.1 Å². The van der Waals surface area contributed by atoms with Crippen LogP contribution in [-0.2, 0) is 9.53 Å². The Bertz CT molecular complexity index is 1320. The van der Waals surface area contributed by atoms with E-state index in [0.29, 0.717) is 38.6 Å². The average molecular weight is 461 g/mol. The van der Waals surface area contributed by atoms with Crippen LogP contribution in [0.5, 0.6) is 5.75 Å². The molecule has 33 heavy (non-hydrogen) atoms. The molecule has 0 saturated heterocycles. The predicted molar refractivity (Wildman–Crippen MR) is 129 cm³/mol. The van der Waals surface area contributed by atoms with Crippen molar-refractivity contribution in [3.8, 4) is 17.0 Å². The number of ether oxygens (including phenoxy) is 2. The Morgan fingerprint density at radius 3 is 2.39 bits per heavy atom. The molecule has 0 aliphatic rings. The van der Waals surface area contributed by atoms with Crippen LogP contribution in [0.2, 0.25) is 5.02 Å². The molecular formula is C26H21ClN2O4. The van der Waals surface area contributed by atoms with E-state index in [-0.39, 0.29) is 12.5 Å². The topological polar surface area (TPSA) is 77.5 Å². The van der Waals surface area contributed by atoms with Crippen LogP contribution < -0.4 is 10.1 Å². The third-order valence-corrected chi connectivity index (χ3v) is 5.31. The van der Waals surface area contributed by atoms with E-state index in [1.54, 1.807) is 48.5 Å². The highest BCUT2D eigenvalue weighted by molar-refractivity contribution is 6.30. The summed E-state index contributed by atoms with van der Waals surface area (Å²) < 4.78 is 10.5. The average Bonchev–Trinajstić information content (AvgIpc) is 2.83. The number of pyridine rings is 1. The molecule has 4 aromatic rings. The summed E-state index contributed by atoms with van der Waals surface area (Å²) in [6.45, 7) is 1.77. The number of esters is 1. The van der Waals surface area contributed by atoms with Crippen molar-refractivity contribution in [1.29, 1.82) is 0 Å². The van der Waals surface area contributed by atoms with E-state index in [2.05, 4.69) is 5.32 Å². The lowest BCUT2D eigenvalue weighted by Gasteiger charge is -2.13. The smallest absolute Gasteiger partial charge is 0.343 e. The molecule has 0 bridgehead atoms. The van der Waals surface area contributed by atoms with Crippen molar-refractivity contribution in [1.82, 2.24) is 4.98 Å². The zero-order valence-electron chi connectivity index (χ0n) is 18.1. The maximum Gasteiger partial charge on any atom is 0.343 e. The van der Waals surface area contributed by atoms with Gasteiger partial charge >= 0.3 is 5.97 Å². The van der Waals surface area contributed by atoms with Crippen molar-refractivity contribution in [2.45, 2.75) is 6.92 Å². The highest BCUT2D eigenvalue weighted by Gasteiger charge is 2.13. The zero-order chi connectivity index (χ0) is 23.4. The summed E-state index contributed by atoms with van der Waals surface area (Å²) in [5.74, 6) is -0.306. The number of aryl methyl sites for hydroxylation is 1. The number of nitrogens with one attached hydrogen (secondary N) is 1. The number of rotatable bonds is 6. The first-order valence-corrected chi connectivity index (χ1v) is 10.6. The van der Waals surface area contributed by atoms with Gasteiger partial charge < -0.3 is 14.8 Å². The van der Waals surface area contributed by atoms with Crippen molar-refractivity contribution in [2.75, 3.05) is 19.0 Å². The summed E-state index contributed by atoms with van der Waals surface area (Å²) in [6.07, 6.45) is 0. The second-order valence-electron chi connectivity index (χ2n) is 7.43. The normalized spacial score (nSPS) is 10.6. The molecule has 1 N–H and O–H groups in total. The monoisotopic (exact) mass is 460 g/mol. The molecule has 0 radical (unpaired) electrons. The Hall–Kier alpha value is -3.90. The lowest BCUT2D eigenvalue weighted by molar-refractivity contribution is -0.142. The Kier molecular flexibility index (Phi) is 6.56. The minimum atomic E-state index is -0.496. The van der Waals surface area contributed by atoms with Crippen LogP contribution in [0.4, 0.5) is 5.69 Å². The van der Waals surface area contributed by atoms with Gasteiger partial charge in [-0.1, -0.05) is 41.4 Å². The maximum absolute atomic E-state index is 12.6. The molecule has 6 nitrogen and oxygen atoms in total. The first-order valence-electron chi connectivity index (χ1n) is 10.2. The number of carbonyl (C=O) groups excluding carboxylic acids is 2. The van der Waals surface area contributed by atoms with Gasteiger partial charge in [-0.15, -0.1) is 0 Å². The number of anilines is 1. The lowest BCUT2D eigenvalue weighted by Crippen LogP contribution is -2.13. The third-order valence-electron chi connectivity index (χ3n) is 5.06. The standard InChI is InChI=1S/C26H21ClN2O4/c1-16-3-5-17(6-4-16)23-14-24(33-15-25(30)32-2)21-13-20(11-12-22(21)29-23)28-26(31)18-7-9-19(27)10-8-18/h3-14H,15H2,1-2H3,(H,28,31). The molecule has 1 heterocycles. The molecular weight excluding hydrogens is 440 g/mol. The number of nitrogens with zero attached hydrogens (tertiary/aromatic N) is 1. The Labute approximate surface area is 196 Å². The number of hydrogen-bond acceptors (Lipinski definition) is 5. The van der Waals surface area contributed by atoms with Gasteiger partial charge in [0.25, 0.3) is 5.91 Å². The molecule has 3 aromatic carbocycles. The number of amides is 1. The number of benzene rings is 3. The van der Waals surface area contributed by atoms with Gasteiger partial charge in [0.15, 0.2) is 6.61 Å². The number of hydrogen-bond donors (Lipinski definition) is 1. The van der Waals surface area contributed by atoms with Crippen LogP contribution in [-0.4, -0.2) is 30.6 Å². The second kappa shape index (κ2) is 9.71. The van der Waals surface area contributed by atoms with Gasteiger partial charge in [-0.05, 0) is 49.4 Å². The molecule has 0 aliphatic carbocycles. The molecule has 1 aromatic heterocycles. The summed E-state index contributed by atoms with van der Waals surface area (Å²) in [7, 11) is 1.30. The summed E-state index contributed by atoms with van der Waals surface area (Å²) in [4.78, 5) is 29.0. The van der Waals surface area contributed by atoms with E-state index in [0.717, 1.165) is 11.1 Å². The number of methoxy groups -OCH3 is 1. The molecule has 0 unspecified atom stereocenters. The first kappa shape index (κ1) is 22.3. The Balaban J connectivity index is 1.71. The van der Waals surface area contributed by atoms with Crippen molar-refractivity contribution in [2.24, 2.45) is 0 Å². The van der Waals surface area contributed by atoms with E-state index in [1.807, 2.05) is 31.2 Å². The van der Waals surface area contributed by atoms with Gasteiger partial charge in [0.05, 0.1) is 18.3 Å². The Morgan fingerprint density at radius 1 is 0.970 bits per heavy atom.